The molecule has 194 valence electrons. The molecule has 0 saturated carbocycles. The van der Waals surface area contributed by atoms with Gasteiger partial charge in [-0.25, -0.2) is 0 Å². The molecule has 0 amide bonds. The van der Waals surface area contributed by atoms with E-state index in [4.69, 9.17) is 0 Å². The normalized spacial score (nSPS) is 11.3. The van der Waals surface area contributed by atoms with Crippen LogP contribution >= 0.6 is 0 Å². The lowest BCUT2D eigenvalue weighted by atomic mass is 9.98. The molecule has 0 aliphatic rings. The molecular formula is C38H22N4. The molecule has 0 aliphatic carbocycles. The summed E-state index contributed by atoms with van der Waals surface area (Å²) in [5, 5.41) is 25.5. The molecule has 0 spiro atoms. The molecule has 0 radical (unpaired) electrons. The van der Waals surface area contributed by atoms with Crippen molar-refractivity contribution in [3.63, 3.8) is 0 Å². The number of benzene rings is 6. The lowest BCUT2D eigenvalue weighted by molar-refractivity contribution is 1.12. The summed E-state index contributed by atoms with van der Waals surface area (Å²) in [6.07, 6.45) is 0. The van der Waals surface area contributed by atoms with Crippen LogP contribution in [0.1, 0.15) is 11.1 Å². The van der Waals surface area contributed by atoms with Gasteiger partial charge < -0.3 is 9.13 Å². The molecule has 6 aromatic carbocycles. The highest BCUT2D eigenvalue weighted by Crippen LogP contribution is 2.41. The molecule has 4 heteroatoms. The van der Waals surface area contributed by atoms with Gasteiger partial charge in [-0.2, -0.15) is 10.5 Å². The number of fused-ring (bicyclic) bond motifs is 6. The first kappa shape index (κ1) is 23.8. The predicted octanol–water partition coefficient (Wildman–Crippen LogP) is 9.29. The van der Waals surface area contributed by atoms with E-state index in [0.717, 1.165) is 49.7 Å². The summed E-state index contributed by atoms with van der Waals surface area (Å²) in [4.78, 5) is 0. The molecule has 0 fully saturated rings. The topological polar surface area (TPSA) is 57.4 Å². The highest BCUT2D eigenvalue weighted by atomic mass is 15.1. The number of hydrogen-bond donors (Lipinski definition) is 0. The fourth-order valence-electron chi connectivity index (χ4n) is 6.44. The van der Waals surface area contributed by atoms with Crippen LogP contribution in [0, 0.1) is 22.7 Å². The van der Waals surface area contributed by atoms with Crippen molar-refractivity contribution >= 4 is 43.6 Å². The highest BCUT2D eigenvalue weighted by Gasteiger charge is 2.23. The number of nitrogens with zero attached hydrogens (tertiary/aromatic N) is 4. The first-order chi connectivity index (χ1) is 20.8. The molecule has 42 heavy (non-hydrogen) atoms. The average Bonchev–Trinajstić information content (AvgIpc) is 3.57. The van der Waals surface area contributed by atoms with Gasteiger partial charge in [0.1, 0.15) is 12.1 Å². The molecule has 8 rings (SSSR count). The molecule has 0 N–H and O–H groups in total. The van der Waals surface area contributed by atoms with Crippen molar-refractivity contribution in [3.8, 4) is 34.6 Å². The van der Waals surface area contributed by atoms with Gasteiger partial charge in [-0.05, 0) is 47.5 Å². The van der Waals surface area contributed by atoms with Gasteiger partial charge in [0.05, 0.1) is 44.6 Å². The number of aromatic nitrogens is 2. The molecule has 2 aromatic heterocycles. The van der Waals surface area contributed by atoms with Crippen molar-refractivity contribution in [2.45, 2.75) is 0 Å². The van der Waals surface area contributed by atoms with E-state index >= 15 is 0 Å². The number of rotatable bonds is 3. The van der Waals surface area contributed by atoms with Crippen LogP contribution < -0.4 is 0 Å². The van der Waals surface area contributed by atoms with E-state index in [-0.39, 0.29) is 0 Å². The third-order valence-corrected chi connectivity index (χ3v) is 8.18. The van der Waals surface area contributed by atoms with E-state index < -0.39 is 0 Å². The molecule has 2 heterocycles. The van der Waals surface area contributed by atoms with E-state index in [1.165, 1.54) is 10.8 Å². The maximum atomic E-state index is 10.5. The minimum absolute atomic E-state index is 0.451. The Kier molecular flexibility index (Phi) is 5.22. The fourth-order valence-corrected chi connectivity index (χ4v) is 6.44. The standard InChI is InChI=1S/C38H22N4/c39-23-27-21-26(25-11-2-1-3-12-25)22-28(24-40)37(27)42-35-19-9-6-15-31(35)32-16-10-20-36(38(32)42)41-33-17-7-4-13-29(33)30-14-5-8-18-34(30)41/h1-22H. The quantitative estimate of drug-likeness (QED) is 0.227. The lowest BCUT2D eigenvalue weighted by Gasteiger charge is -2.17. The Morgan fingerprint density at radius 1 is 0.429 bits per heavy atom. The van der Waals surface area contributed by atoms with Crippen LogP contribution in [0.15, 0.2) is 133 Å². The Labute approximate surface area is 242 Å². The largest absolute Gasteiger partial charge is 0.307 e. The predicted molar refractivity (Wildman–Crippen MR) is 170 cm³/mol. The van der Waals surface area contributed by atoms with E-state index in [0.29, 0.717) is 16.8 Å². The second-order valence-electron chi connectivity index (χ2n) is 10.4. The van der Waals surface area contributed by atoms with Crippen LogP contribution in [-0.4, -0.2) is 9.13 Å². The highest BCUT2D eigenvalue weighted by molar-refractivity contribution is 6.15. The molecule has 0 unspecified atom stereocenters. The van der Waals surface area contributed by atoms with Crippen LogP contribution in [0.4, 0.5) is 0 Å². The third-order valence-electron chi connectivity index (χ3n) is 8.18. The third kappa shape index (κ3) is 3.33. The van der Waals surface area contributed by atoms with Crippen molar-refractivity contribution in [2.24, 2.45) is 0 Å². The zero-order valence-corrected chi connectivity index (χ0v) is 22.5. The maximum Gasteiger partial charge on any atom is 0.101 e. The number of hydrogen-bond acceptors (Lipinski definition) is 2. The summed E-state index contributed by atoms with van der Waals surface area (Å²) >= 11 is 0. The van der Waals surface area contributed by atoms with Gasteiger partial charge in [-0.1, -0.05) is 97.1 Å². The Hall–Kier alpha value is -6.10. The van der Waals surface area contributed by atoms with Gasteiger partial charge in [-0.15, -0.1) is 0 Å². The molecular weight excluding hydrogens is 512 g/mol. The molecule has 4 nitrogen and oxygen atoms in total. The summed E-state index contributed by atoms with van der Waals surface area (Å²) in [7, 11) is 0. The second kappa shape index (κ2) is 9.24. The molecule has 8 aromatic rings. The zero-order chi connectivity index (χ0) is 28.2. The van der Waals surface area contributed by atoms with Crippen molar-refractivity contribution in [2.75, 3.05) is 0 Å². The second-order valence-corrected chi connectivity index (χ2v) is 10.4. The van der Waals surface area contributed by atoms with Crippen molar-refractivity contribution < 1.29 is 0 Å². The minimum atomic E-state index is 0.451. The zero-order valence-electron chi connectivity index (χ0n) is 22.5. The maximum absolute atomic E-state index is 10.5. The van der Waals surface area contributed by atoms with E-state index in [2.05, 4.69) is 100 Å². The molecule has 0 saturated heterocycles. The Morgan fingerprint density at radius 3 is 1.48 bits per heavy atom. The SMILES string of the molecule is N#Cc1cc(-c2ccccc2)cc(C#N)c1-n1c2ccccc2c2cccc(-n3c4ccccc4c4ccccc43)c21. The van der Waals surface area contributed by atoms with Crippen LogP contribution in [0.25, 0.3) is 66.1 Å². The number of para-hydroxylation sites is 4. The van der Waals surface area contributed by atoms with Crippen LogP contribution in [0.5, 0.6) is 0 Å². The van der Waals surface area contributed by atoms with Gasteiger partial charge in [-0.3, -0.25) is 0 Å². The van der Waals surface area contributed by atoms with Gasteiger partial charge in [0.2, 0.25) is 0 Å². The molecule has 0 aliphatic heterocycles. The Morgan fingerprint density at radius 2 is 0.905 bits per heavy atom. The summed E-state index contributed by atoms with van der Waals surface area (Å²) in [5.41, 5.74) is 8.39. The first-order valence-corrected chi connectivity index (χ1v) is 13.8. The smallest absolute Gasteiger partial charge is 0.101 e. The number of nitriles is 2. The van der Waals surface area contributed by atoms with Crippen molar-refractivity contribution in [1.29, 1.82) is 10.5 Å². The molecule has 0 atom stereocenters. The Bertz CT molecular complexity index is 2340. The fraction of sp³-hybridized carbons (Fsp3) is 0. The van der Waals surface area contributed by atoms with Gasteiger partial charge >= 0.3 is 0 Å². The monoisotopic (exact) mass is 534 g/mol. The first-order valence-electron chi connectivity index (χ1n) is 13.8. The van der Waals surface area contributed by atoms with Crippen molar-refractivity contribution in [1.82, 2.24) is 9.13 Å². The lowest BCUT2D eigenvalue weighted by Crippen LogP contribution is -2.05. The van der Waals surface area contributed by atoms with Crippen LogP contribution in [0.2, 0.25) is 0 Å². The average molecular weight is 535 g/mol. The van der Waals surface area contributed by atoms with Gasteiger partial charge in [0.25, 0.3) is 0 Å². The van der Waals surface area contributed by atoms with Crippen molar-refractivity contribution in [3.05, 3.63) is 145 Å². The van der Waals surface area contributed by atoms with E-state index in [1.807, 2.05) is 54.6 Å². The van der Waals surface area contributed by atoms with Crippen LogP contribution in [-0.2, 0) is 0 Å². The Balaban J connectivity index is 1.55. The van der Waals surface area contributed by atoms with Crippen LogP contribution in [0.3, 0.4) is 0 Å². The minimum Gasteiger partial charge on any atom is -0.307 e. The summed E-state index contributed by atoms with van der Waals surface area (Å²) < 4.78 is 4.42. The van der Waals surface area contributed by atoms with Gasteiger partial charge in [0.15, 0.2) is 0 Å². The van der Waals surface area contributed by atoms with Gasteiger partial charge in [0, 0.05) is 21.5 Å². The summed E-state index contributed by atoms with van der Waals surface area (Å²) in [5.74, 6) is 0. The van der Waals surface area contributed by atoms with E-state index in [9.17, 15) is 10.5 Å². The van der Waals surface area contributed by atoms with E-state index in [1.54, 1.807) is 0 Å². The summed E-state index contributed by atoms with van der Waals surface area (Å²) in [6, 6.07) is 50.0. The summed E-state index contributed by atoms with van der Waals surface area (Å²) in [6.45, 7) is 0. The molecule has 0 bridgehead atoms.